The fourth-order valence-corrected chi connectivity index (χ4v) is 0.886. The topological polar surface area (TPSA) is 48.1 Å². The minimum atomic E-state index is 0.0832. The molecule has 3 heteroatoms. The van der Waals surface area contributed by atoms with Crippen LogP contribution in [0.2, 0.25) is 0 Å². The van der Waals surface area contributed by atoms with Crippen LogP contribution >= 0.6 is 0 Å². The molecule has 12 heavy (non-hydrogen) atoms. The van der Waals surface area contributed by atoms with Crippen LogP contribution in [0.1, 0.15) is 13.3 Å². The molecule has 0 radical (unpaired) electrons. The second-order valence-electron chi connectivity index (χ2n) is 2.55. The second kappa shape index (κ2) is 4.72. The van der Waals surface area contributed by atoms with Crippen LogP contribution in [-0.4, -0.2) is 17.6 Å². The van der Waals surface area contributed by atoms with E-state index in [0.717, 1.165) is 6.42 Å². The van der Waals surface area contributed by atoms with Crippen LogP contribution < -0.4 is 10.5 Å². The van der Waals surface area contributed by atoms with Gasteiger partial charge in [-0.2, -0.15) is 0 Å². The molecule has 1 unspecified atom stereocenters. The van der Waals surface area contributed by atoms with Crippen molar-refractivity contribution >= 4 is 0 Å². The SMILES string of the molecule is CCC(CN)Oc1ccccn1. The standard InChI is InChI=1S/C9H14N2O/c1-2-8(7-10)12-9-5-3-4-6-11-9/h3-6,8H,2,7,10H2,1H3. The molecule has 1 aromatic rings. The molecule has 0 aliphatic carbocycles. The Bertz CT molecular complexity index is 209. The van der Waals surface area contributed by atoms with Crippen LogP contribution in [0.5, 0.6) is 5.88 Å². The van der Waals surface area contributed by atoms with Gasteiger partial charge in [0.25, 0.3) is 0 Å². The largest absolute Gasteiger partial charge is 0.473 e. The molecule has 66 valence electrons. The van der Waals surface area contributed by atoms with Gasteiger partial charge in [0.05, 0.1) is 0 Å². The first kappa shape index (κ1) is 9.00. The minimum Gasteiger partial charge on any atom is -0.473 e. The van der Waals surface area contributed by atoms with Gasteiger partial charge in [0.1, 0.15) is 6.10 Å². The zero-order chi connectivity index (χ0) is 8.81. The van der Waals surface area contributed by atoms with Crippen LogP contribution in [0.15, 0.2) is 24.4 Å². The lowest BCUT2D eigenvalue weighted by atomic mass is 10.3. The van der Waals surface area contributed by atoms with Crippen molar-refractivity contribution in [2.45, 2.75) is 19.4 Å². The normalized spacial score (nSPS) is 12.5. The monoisotopic (exact) mass is 166 g/mol. The highest BCUT2D eigenvalue weighted by molar-refractivity contribution is 5.09. The maximum Gasteiger partial charge on any atom is 0.213 e. The van der Waals surface area contributed by atoms with Crippen molar-refractivity contribution in [1.82, 2.24) is 4.98 Å². The van der Waals surface area contributed by atoms with E-state index >= 15 is 0 Å². The Kier molecular flexibility index (Phi) is 3.54. The highest BCUT2D eigenvalue weighted by Crippen LogP contribution is 2.07. The van der Waals surface area contributed by atoms with Crippen molar-refractivity contribution in [3.63, 3.8) is 0 Å². The van der Waals surface area contributed by atoms with Crippen LogP contribution in [0.3, 0.4) is 0 Å². The smallest absolute Gasteiger partial charge is 0.213 e. The molecule has 0 spiro atoms. The molecule has 1 rings (SSSR count). The number of nitrogens with zero attached hydrogens (tertiary/aromatic N) is 1. The summed E-state index contributed by atoms with van der Waals surface area (Å²) in [6.45, 7) is 2.58. The lowest BCUT2D eigenvalue weighted by Crippen LogP contribution is -2.25. The van der Waals surface area contributed by atoms with Gasteiger partial charge in [0.15, 0.2) is 0 Å². The Labute approximate surface area is 72.6 Å². The van der Waals surface area contributed by atoms with Gasteiger partial charge < -0.3 is 10.5 Å². The molecule has 1 atom stereocenters. The van der Waals surface area contributed by atoms with Crippen LogP contribution in [0.25, 0.3) is 0 Å². The van der Waals surface area contributed by atoms with Crippen LogP contribution in [0, 0.1) is 0 Å². The van der Waals surface area contributed by atoms with E-state index in [2.05, 4.69) is 4.98 Å². The third kappa shape index (κ3) is 2.51. The number of pyridine rings is 1. The number of hydrogen-bond donors (Lipinski definition) is 1. The zero-order valence-corrected chi connectivity index (χ0v) is 7.23. The summed E-state index contributed by atoms with van der Waals surface area (Å²) >= 11 is 0. The average Bonchev–Trinajstić information content (AvgIpc) is 2.16. The lowest BCUT2D eigenvalue weighted by Gasteiger charge is -2.13. The third-order valence-electron chi connectivity index (χ3n) is 1.64. The Morgan fingerprint density at radius 1 is 1.58 bits per heavy atom. The molecule has 3 nitrogen and oxygen atoms in total. The van der Waals surface area contributed by atoms with Crippen molar-refractivity contribution in [1.29, 1.82) is 0 Å². The van der Waals surface area contributed by atoms with E-state index in [9.17, 15) is 0 Å². The van der Waals surface area contributed by atoms with Gasteiger partial charge in [0.2, 0.25) is 5.88 Å². The quantitative estimate of drug-likeness (QED) is 0.731. The number of hydrogen-bond acceptors (Lipinski definition) is 3. The Hall–Kier alpha value is -1.09. The molecule has 2 N–H and O–H groups in total. The number of ether oxygens (including phenoxy) is 1. The molecular weight excluding hydrogens is 152 g/mol. The molecule has 0 aromatic carbocycles. The van der Waals surface area contributed by atoms with Gasteiger partial charge in [-0.15, -0.1) is 0 Å². The van der Waals surface area contributed by atoms with Crippen molar-refractivity contribution in [3.05, 3.63) is 24.4 Å². The molecule has 1 heterocycles. The molecular formula is C9H14N2O. The van der Waals surface area contributed by atoms with E-state index < -0.39 is 0 Å². The Morgan fingerprint density at radius 3 is 2.92 bits per heavy atom. The Morgan fingerprint density at radius 2 is 2.42 bits per heavy atom. The van der Waals surface area contributed by atoms with Crippen molar-refractivity contribution in [3.8, 4) is 5.88 Å². The van der Waals surface area contributed by atoms with E-state index in [1.807, 2.05) is 25.1 Å². The first-order chi connectivity index (χ1) is 5.86. The first-order valence-electron chi connectivity index (χ1n) is 4.14. The lowest BCUT2D eigenvalue weighted by molar-refractivity contribution is 0.197. The van der Waals surface area contributed by atoms with Gasteiger partial charge in [-0.3, -0.25) is 0 Å². The molecule has 0 fully saturated rings. The van der Waals surface area contributed by atoms with E-state index in [1.165, 1.54) is 0 Å². The highest BCUT2D eigenvalue weighted by atomic mass is 16.5. The molecule has 0 aliphatic rings. The summed E-state index contributed by atoms with van der Waals surface area (Å²) in [7, 11) is 0. The second-order valence-corrected chi connectivity index (χ2v) is 2.55. The summed E-state index contributed by atoms with van der Waals surface area (Å²) in [6.07, 6.45) is 2.70. The van der Waals surface area contributed by atoms with Gasteiger partial charge in [-0.25, -0.2) is 4.98 Å². The third-order valence-corrected chi connectivity index (χ3v) is 1.64. The zero-order valence-electron chi connectivity index (χ0n) is 7.23. The van der Waals surface area contributed by atoms with Gasteiger partial charge in [-0.05, 0) is 12.5 Å². The highest BCUT2D eigenvalue weighted by Gasteiger charge is 2.04. The minimum absolute atomic E-state index is 0.0832. The van der Waals surface area contributed by atoms with E-state index in [1.54, 1.807) is 6.20 Å². The molecule has 0 bridgehead atoms. The van der Waals surface area contributed by atoms with Crippen molar-refractivity contribution in [2.24, 2.45) is 5.73 Å². The Balaban J connectivity index is 2.51. The first-order valence-corrected chi connectivity index (χ1v) is 4.14. The maximum absolute atomic E-state index is 5.48. The summed E-state index contributed by atoms with van der Waals surface area (Å²) in [6, 6.07) is 5.58. The van der Waals surface area contributed by atoms with Gasteiger partial charge >= 0.3 is 0 Å². The summed E-state index contributed by atoms with van der Waals surface area (Å²) in [5.41, 5.74) is 5.48. The van der Waals surface area contributed by atoms with E-state index in [4.69, 9.17) is 10.5 Å². The fraction of sp³-hybridized carbons (Fsp3) is 0.444. The number of aromatic nitrogens is 1. The van der Waals surface area contributed by atoms with Crippen LogP contribution in [-0.2, 0) is 0 Å². The molecule has 0 aliphatic heterocycles. The summed E-state index contributed by atoms with van der Waals surface area (Å²) < 4.78 is 5.48. The molecule has 0 amide bonds. The van der Waals surface area contributed by atoms with Crippen LogP contribution in [0.4, 0.5) is 0 Å². The average molecular weight is 166 g/mol. The van der Waals surface area contributed by atoms with E-state index in [0.29, 0.717) is 12.4 Å². The van der Waals surface area contributed by atoms with E-state index in [-0.39, 0.29) is 6.10 Å². The molecule has 0 saturated heterocycles. The number of rotatable bonds is 4. The summed E-state index contributed by atoms with van der Waals surface area (Å²) in [5.74, 6) is 0.648. The van der Waals surface area contributed by atoms with Gasteiger partial charge in [0, 0.05) is 18.8 Å². The maximum atomic E-state index is 5.48. The summed E-state index contributed by atoms with van der Waals surface area (Å²) in [4.78, 5) is 4.04. The molecule has 0 saturated carbocycles. The predicted molar refractivity (Wildman–Crippen MR) is 48.0 cm³/mol. The van der Waals surface area contributed by atoms with Gasteiger partial charge in [-0.1, -0.05) is 13.0 Å². The fourth-order valence-electron chi connectivity index (χ4n) is 0.886. The molecule has 1 aromatic heterocycles. The van der Waals surface area contributed by atoms with Crippen molar-refractivity contribution in [2.75, 3.05) is 6.54 Å². The predicted octanol–water partition coefficient (Wildman–Crippen LogP) is 1.20. The van der Waals surface area contributed by atoms with Crippen molar-refractivity contribution < 1.29 is 4.74 Å². The number of nitrogens with two attached hydrogens (primary N) is 1. The summed E-state index contributed by atoms with van der Waals surface area (Å²) in [5, 5.41) is 0.